The van der Waals surface area contributed by atoms with E-state index in [2.05, 4.69) is 4.98 Å². The highest BCUT2D eigenvalue weighted by Gasteiger charge is 2.30. The maximum atomic E-state index is 12.6. The Bertz CT molecular complexity index is 738. The lowest BCUT2D eigenvalue weighted by molar-refractivity contribution is -0.137. The molecule has 92 valence electrons. The second-order valence-corrected chi connectivity index (χ2v) is 4.43. The number of halogens is 3. The second kappa shape index (κ2) is 3.51. The Kier molecular flexibility index (Phi) is 2.17. The van der Waals surface area contributed by atoms with Crippen LogP contribution in [0, 0.1) is 6.92 Å². The van der Waals surface area contributed by atoms with Crippen molar-refractivity contribution in [2.45, 2.75) is 13.1 Å². The zero-order valence-electron chi connectivity index (χ0n) is 9.60. The molecule has 0 bridgehead atoms. The average Bonchev–Trinajstić information content (AvgIpc) is 2.63. The van der Waals surface area contributed by atoms with E-state index in [9.17, 15) is 13.2 Å². The van der Waals surface area contributed by atoms with Gasteiger partial charge in [-0.15, -0.1) is 0 Å². The maximum absolute atomic E-state index is 12.6. The minimum Gasteiger partial charge on any atom is -0.354 e. The van der Waals surface area contributed by atoms with Crippen molar-refractivity contribution < 1.29 is 13.2 Å². The van der Waals surface area contributed by atoms with Crippen molar-refractivity contribution in [2.24, 2.45) is 0 Å². The van der Waals surface area contributed by atoms with E-state index in [1.54, 1.807) is 0 Å². The Hall–Kier alpha value is -1.97. The normalized spacial score (nSPS) is 12.4. The van der Waals surface area contributed by atoms with Gasteiger partial charge in [0.15, 0.2) is 0 Å². The molecule has 0 saturated heterocycles. The Morgan fingerprint density at radius 3 is 2.17 bits per heavy atom. The van der Waals surface area contributed by atoms with Crippen molar-refractivity contribution in [3.63, 3.8) is 0 Å². The summed E-state index contributed by atoms with van der Waals surface area (Å²) >= 11 is 0. The molecule has 0 radical (unpaired) electrons. The van der Waals surface area contributed by atoms with E-state index >= 15 is 0 Å². The lowest BCUT2D eigenvalue weighted by atomic mass is 10.1. The lowest BCUT2D eigenvalue weighted by Crippen LogP contribution is -2.03. The number of nitrogens with one attached hydrogen (secondary N) is 1. The van der Waals surface area contributed by atoms with Gasteiger partial charge < -0.3 is 4.98 Å². The van der Waals surface area contributed by atoms with Gasteiger partial charge in [-0.25, -0.2) is 0 Å². The summed E-state index contributed by atoms with van der Waals surface area (Å²) in [5, 5.41) is 1.77. The third-order valence-corrected chi connectivity index (χ3v) is 3.08. The number of aromatic nitrogens is 1. The molecule has 0 amide bonds. The van der Waals surface area contributed by atoms with Crippen molar-refractivity contribution in [1.82, 2.24) is 4.98 Å². The predicted molar refractivity (Wildman–Crippen MR) is 65.5 cm³/mol. The fraction of sp³-hybridized carbons (Fsp3) is 0.143. The number of alkyl halides is 3. The number of hydrogen-bond donors (Lipinski definition) is 1. The zero-order valence-corrected chi connectivity index (χ0v) is 9.60. The molecule has 18 heavy (non-hydrogen) atoms. The Labute approximate surface area is 101 Å². The fourth-order valence-corrected chi connectivity index (χ4v) is 2.20. The van der Waals surface area contributed by atoms with Crippen LogP contribution in [0.3, 0.4) is 0 Å². The number of benzene rings is 2. The van der Waals surface area contributed by atoms with E-state index in [1.165, 1.54) is 6.07 Å². The summed E-state index contributed by atoms with van der Waals surface area (Å²) in [6.07, 6.45) is -4.30. The molecule has 1 heterocycles. The third-order valence-electron chi connectivity index (χ3n) is 3.08. The lowest BCUT2D eigenvalue weighted by Gasteiger charge is -2.05. The van der Waals surface area contributed by atoms with Crippen molar-refractivity contribution in [1.29, 1.82) is 0 Å². The average molecular weight is 249 g/mol. The van der Waals surface area contributed by atoms with Crippen LogP contribution in [0.2, 0.25) is 0 Å². The van der Waals surface area contributed by atoms with Crippen LogP contribution in [0.4, 0.5) is 13.2 Å². The minimum atomic E-state index is -4.30. The molecule has 1 aromatic heterocycles. The molecule has 0 fully saturated rings. The third kappa shape index (κ3) is 1.65. The molecule has 0 spiro atoms. The highest BCUT2D eigenvalue weighted by Crippen LogP contribution is 2.33. The predicted octanol–water partition coefficient (Wildman–Crippen LogP) is 4.65. The van der Waals surface area contributed by atoms with Gasteiger partial charge >= 0.3 is 6.18 Å². The molecule has 4 heteroatoms. The summed E-state index contributed by atoms with van der Waals surface area (Å²) in [4.78, 5) is 3.03. The van der Waals surface area contributed by atoms with E-state index in [4.69, 9.17) is 0 Å². The fourth-order valence-electron chi connectivity index (χ4n) is 2.20. The number of aryl methyl sites for hydroxylation is 1. The minimum absolute atomic E-state index is 0.519. The van der Waals surface area contributed by atoms with Crippen LogP contribution < -0.4 is 0 Å². The number of hydrogen-bond acceptors (Lipinski definition) is 0. The van der Waals surface area contributed by atoms with Gasteiger partial charge in [-0.2, -0.15) is 13.2 Å². The van der Waals surface area contributed by atoms with Crippen LogP contribution in [0.5, 0.6) is 0 Å². The molecule has 0 aliphatic heterocycles. The second-order valence-electron chi connectivity index (χ2n) is 4.43. The van der Waals surface area contributed by atoms with E-state index in [-0.39, 0.29) is 0 Å². The molecule has 1 nitrogen and oxygen atoms in total. The van der Waals surface area contributed by atoms with Crippen molar-refractivity contribution in [3.05, 3.63) is 47.5 Å². The van der Waals surface area contributed by atoms with Crippen LogP contribution >= 0.6 is 0 Å². The Balaban J connectivity index is 2.33. The first-order valence-electron chi connectivity index (χ1n) is 5.54. The topological polar surface area (TPSA) is 15.8 Å². The first-order chi connectivity index (χ1) is 8.45. The molecule has 3 rings (SSSR count). The molecule has 0 atom stereocenters. The van der Waals surface area contributed by atoms with Gasteiger partial charge in [0.2, 0.25) is 0 Å². The highest BCUT2D eigenvalue weighted by molar-refractivity contribution is 6.07. The molecule has 1 N–H and O–H groups in total. The number of rotatable bonds is 0. The first kappa shape index (κ1) is 11.1. The summed E-state index contributed by atoms with van der Waals surface area (Å²) in [6, 6.07) is 9.61. The van der Waals surface area contributed by atoms with Crippen LogP contribution in [0.15, 0.2) is 36.4 Å². The summed E-state index contributed by atoms with van der Waals surface area (Å²) in [7, 11) is 0. The van der Waals surface area contributed by atoms with Gasteiger partial charge in [-0.1, -0.05) is 18.2 Å². The van der Waals surface area contributed by atoms with Gasteiger partial charge in [0.25, 0.3) is 0 Å². The van der Waals surface area contributed by atoms with E-state index in [1.807, 2.05) is 25.1 Å². The van der Waals surface area contributed by atoms with Crippen molar-refractivity contribution in [2.75, 3.05) is 0 Å². The smallest absolute Gasteiger partial charge is 0.354 e. The van der Waals surface area contributed by atoms with Crippen molar-refractivity contribution in [3.8, 4) is 0 Å². The molecular formula is C14H10F3N. The van der Waals surface area contributed by atoms with Crippen molar-refractivity contribution >= 4 is 21.8 Å². The molecular weight excluding hydrogens is 239 g/mol. The SMILES string of the molecule is Cc1ccc2c(c1)[nH]c1cc(C(F)(F)F)ccc12. The Morgan fingerprint density at radius 1 is 0.889 bits per heavy atom. The van der Waals surface area contributed by atoms with Crippen LogP contribution in [-0.2, 0) is 6.18 Å². The van der Waals surface area contributed by atoms with Crippen LogP contribution in [0.25, 0.3) is 21.8 Å². The zero-order chi connectivity index (χ0) is 12.9. The van der Waals surface area contributed by atoms with E-state index in [0.29, 0.717) is 5.52 Å². The molecule has 3 aromatic rings. The molecule has 0 aliphatic carbocycles. The number of H-pyrrole nitrogens is 1. The van der Waals surface area contributed by atoms with Gasteiger partial charge in [0.05, 0.1) is 5.56 Å². The Morgan fingerprint density at radius 2 is 1.50 bits per heavy atom. The standard InChI is InChI=1S/C14H10F3N/c1-8-2-4-10-11-5-3-9(14(15,16)17)7-13(11)18-12(10)6-8/h2-7,18H,1H3. The first-order valence-corrected chi connectivity index (χ1v) is 5.54. The summed E-state index contributed by atoms with van der Waals surface area (Å²) in [5.74, 6) is 0. The van der Waals surface area contributed by atoms with Gasteiger partial charge in [0, 0.05) is 21.8 Å². The van der Waals surface area contributed by atoms with Gasteiger partial charge in [0.1, 0.15) is 0 Å². The van der Waals surface area contributed by atoms with Crippen LogP contribution in [-0.4, -0.2) is 4.98 Å². The summed E-state index contributed by atoms with van der Waals surface area (Å²) in [5.41, 5.74) is 1.83. The quantitative estimate of drug-likeness (QED) is 0.597. The van der Waals surface area contributed by atoms with E-state index in [0.717, 1.165) is 34.0 Å². The van der Waals surface area contributed by atoms with Gasteiger partial charge in [-0.05, 0) is 30.7 Å². The molecule has 0 saturated carbocycles. The monoisotopic (exact) mass is 249 g/mol. The van der Waals surface area contributed by atoms with Gasteiger partial charge in [-0.3, -0.25) is 0 Å². The van der Waals surface area contributed by atoms with E-state index < -0.39 is 11.7 Å². The highest BCUT2D eigenvalue weighted by atomic mass is 19.4. The number of fused-ring (bicyclic) bond motifs is 3. The summed E-state index contributed by atoms with van der Waals surface area (Å²) < 4.78 is 37.9. The summed E-state index contributed by atoms with van der Waals surface area (Å²) in [6.45, 7) is 1.95. The molecule has 0 unspecified atom stereocenters. The molecule has 2 aromatic carbocycles. The number of aromatic amines is 1. The van der Waals surface area contributed by atoms with Crippen LogP contribution in [0.1, 0.15) is 11.1 Å². The molecule has 0 aliphatic rings. The largest absolute Gasteiger partial charge is 0.416 e. The maximum Gasteiger partial charge on any atom is 0.416 e.